The number of aryl methyl sites for hydroxylation is 1. The van der Waals surface area contributed by atoms with Crippen molar-refractivity contribution in [3.63, 3.8) is 0 Å². The molecule has 2 aromatic carbocycles. The molecule has 0 saturated heterocycles. The molecular formula is C20H20N4O3S. The van der Waals surface area contributed by atoms with Gasteiger partial charge in [-0.1, -0.05) is 49.0 Å². The van der Waals surface area contributed by atoms with Crippen molar-refractivity contribution in [3.8, 4) is 0 Å². The maximum Gasteiger partial charge on any atom is 0.277 e. The van der Waals surface area contributed by atoms with Gasteiger partial charge in [0.2, 0.25) is 11.8 Å². The van der Waals surface area contributed by atoms with Crippen LogP contribution in [-0.2, 0) is 17.8 Å². The Balaban J connectivity index is 1.43. The fourth-order valence-electron chi connectivity index (χ4n) is 2.36. The molecule has 2 amide bonds. The molecule has 1 aromatic heterocycles. The van der Waals surface area contributed by atoms with Gasteiger partial charge in [0, 0.05) is 11.3 Å². The first-order valence-corrected chi connectivity index (χ1v) is 9.80. The van der Waals surface area contributed by atoms with Gasteiger partial charge in [0.15, 0.2) is 0 Å². The third kappa shape index (κ3) is 5.68. The largest absolute Gasteiger partial charge is 0.414 e. The van der Waals surface area contributed by atoms with Crippen LogP contribution in [0, 0.1) is 0 Å². The second kappa shape index (κ2) is 9.70. The molecule has 0 aliphatic heterocycles. The van der Waals surface area contributed by atoms with E-state index in [4.69, 9.17) is 4.42 Å². The van der Waals surface area contributed by atoms with E-state index in [1.807, 2.05) is 30.3 Å². The molecule has 0 unspecified atom stereocenters. The van der Waals surface area contributed by atoms with E-state index >= 15 is 0 Å². The lowest BCUT2D eigenvalue weighted by molar-refractivity contribution is -0.113. The number of thioether (sulfide) groups is 1. The van der Waals surface area contributed by atoms with Gasteiger partial charge in [-0.2, -0.15) is 0 Å². The maximum atomic E-state index is 12.0. The minimum Gasteiger partial charge on any atom is -0.414 e. The van der Waals surface area contributed by atoms with E-state index in [1.165, 1.54) is 5.56 Å². The zero-order valence-electron chi connectivity index (χ0n) is 15.3. The zero-order valence-corrected chi connectivity index (χ0v) is 16.2. The van der Waals surface area contributed by atoms with Crippen LogP contribution in [0.5, 0.6) is 0 Å². The van der Waals surface area contributed by atoms with Gasteiger partial charge in [-0.05, 0) is 36.2 Å². The fraction of sp³-hybridized carbons (Fsp3) is 0.200. The second-order valence-corrected chi connectivity index (χ2v) is 6.82. The fourth-order valence-corrected chi connectivity index (χ4v) is 2.94. The summed E-state index contributed by atoms with van der Waals surface area (Å²) in [7, 11) is 0. The van der Waals surface area contributed by atoms with Gasteiger partial charge in [-0.25, -0.2) is 0 Å². The predicted octanol–water partition coefficient (Wildman–Crippen LogP) is 3.29. The molecule has 0 atom stereocenters. The van der Waals surface area contributed by atoms with Crippen LogP contribution in [0.2, 0.25) is 0 Å². The first-order chi connectivity index (χ1) is 13.6. The molecule has 8 heteroatoms. The number of aromatic nitrogens is 2. The SMILES string of the molecule is CCc1ccc(NC(=O)CSc2nnc(CNC(=O)c3ccccc3)o2)cc1. The monoisotopic (exact) mass is 396 g/mol. The van der Waals surface area contributed by atoms with E-state index in [0.717, 1.165) is 23.9 Å². The molecule has 2 N–H and O–H groups in total. The van der Waals surface area contributed by atoms with Crippen molar-refractivity contribution in [1.82, 2.24) is 15.5 Å². The van der Waals surface area contributed by atoms with Crippen LogP contribution >= 0.6 is 11.8 Å². The summed E-state index contributed by atoms with van der Waals surface area (Å²) >= 11 is 1.14. The number of hydrogen-bond acceptors (Lipinski definition) is 6. The van der Waals surface area contributed by atoms with Crippen molar-refractivity contribution < 1.29 is 14.0 Å². The highest BCUT2D eigenvalue weighted by atomic mass is 32.2. The van der Waals surface area contributed by atoms with Gasteiger partial charge in [0.05, 0.1) is 12.3 Å². The van der Waals surface area contributed by atoms with Gasteiger partial charge in [0.25, 0.3) is 11.1 Å². The summed E-state index contributed by atoms with van der Waals surface area (Å²) in [6, 6.07) is 16.6. The molecule has 7 nitrogen and oxygen atoms in total. The Morgan fingerprint density at radius 3 is 2.50 bits per heavy atom. The summed E-state index contributed by atoms with van der Waals surface area (Å²) in [5.74, 6) is 0.0447. The molecule has 28 heavy (non-hydrogen) atoms. The average Bonchev–Trinajstić information content (AvgIpc) is 3.19. The number of anilines is 1. The zero-order chi connectivity index (χ0) is 19.8. The van der Waals surface area contributed by atoms with Crippen LogP contribution in [0.3, 0.4) is 0 Å². The quantitative estimate of drug-likeness (QED) is 0.567. The van der Waals surface area contributed by atoms with E-state index < -0.39 is 0 Å². The number of hydrogen-bond donors (Lipinski definition) is 2. The van der Waals surface area contributed by atoms with Crippen LogP contribution in [0.1, 0.15) is 28.7 Å². The minimum atomic E-state index is -0.221. The molecule has 3 rings (SSSR count). The van der Waals surface area contributed by atoms with E-state index in [9.17, 15) is 9.59 Å². The highest BCUT2D eigenvalue weighted by Gasteiger charge is 2.11. The molecule has 0 spiro atoms. The van der Waals surface area contributed by atoms with Gasteiger partial charge >= 0.3 is 0 Å². The van der Waals surface area contributed by atoms with Crippen molar-refractivity contribution in [2.24, 2.45) is 0 Å². The Bertz CT molecular complexity index is 926. The highest BCUT2D eigenvalue weighted by molar-refractivity contribution is 7.99. The van der Waals surface area contributed by atoms with E-state index in [-0.39, 0.29) is 35.2 Å². The number of carbonyl (C=O) groups excluding carboxylic acids is 2. The maximum absolute atomic E-state index is 12.0. The number of amides is 2. The Morgan fingerprint density at radius 1 is 1.04 bits per heavy atom. The van der Waals surface area contributed by atoms with E-state index in [0.29, 0.717) is 5.56 Å². The van der Waals surface area contributed by atoms with Gasteiger partial charge < -0.3 is 15.1 Å². The highest BCUT2D eigenvalue weighted by Crippen LogP contribution is 2.17. The van der Waals surface area contributed by atoms with E-state index in [2.05, 4.69) is 27.8 Å². The van der Waals surface area contributed by atoms with Gasteiger partial charge in [-0.3, -0.25) is 9.59 Å². The Labute approximate surface area is 166 Å². The van der Waals surface area contributed by atoms with Crippen LogP contribution in [0.25, 0.3) is 0 Å². The third-order valence-corrected chi connectivity index (χ3v) is 4.68. The molecule has 144 valence electrons. The molecule has 0 fully saturated rings. The minimum absolute atomic E-state index is 0.122. The predicted molar refractivity (Wildman–Crippen MR) is 107 cm³/mol. The number of carbonyl (C=O) groups is 2. The van der Waals surface area contributed by atoms with Crippen molar-refractivity contribution in [1.29, 1.82) is 0 Å². The molecule has 0 radical (unpaired) electrons. The van der Waals surface area contributed by atoms with Gasteiger partial charge in [-0.15, -0.1) is 10.2 Å². The number of rotatable bonds is 8. The second-order valence-electron chi connectivity index (χ2n) is 5.90. The molecule has 1 heterocycles. The summed E-state index contributed by atoms with van der Waals surface area (Å²) < 4.78 is 5.45. The molecule has 0 saturated carbocycles. The topological polar surface area (TPSA) is 97.1 Å². The number of nitrogens with zero attached hydrogens (tertiary/aromatic N) is 2. The Kier molecular flexibility index (Phi) is 6.80. The summed E-state index contributed by atoms with van der Waals surface area (Å²) in [5, 5.41) is 13.6. The lowest BCUT2D eigenvalue weighted by atomic mass is 10.1. The first kappa shape index (κ1) is 19.6. The van der Waals surface area contributed by atoms with Crippen molar-refractivity contribution in [2.75, 3.05) is 11.1 Å². The van der Waals surface area contributed by atoms with Crippen molar-refractivity contribution >= 4 is 29.3 Å². The van der Waals surface area contributed by atoms with Crippen LogP contribution in [0.15, 0.2) is 64.2 Å². The third-order valence-electron chi connectivity index (χ3n) is 3.86. The van der Waals surface area contributed by atoms with Crippen LogP contribution in [-0.4, -0.2) is 27.8 Å². The molecule has 3 aromatic rings. The summed E-state index contributed by atoms with van der Waals surface area (Å²) in [6.07, 6.45) is 0.954. The van der Waals surface area contributed by atoms with Crippen LogP contribution < -0.4 is 10.6 Å². The molecule has 0 aliphatic rings. The van der Waals surface area contributed by atoms with Crippen molar-refractivity contribution in [3.05, 3.63) is 71.6 Å². The first-order valence-electron chi connectivity index (χ1n) is 8.81. The summed E-state index contributed by atoms with van der Waals surface area (Å²) in [6.45, 7) is 2.20. The lowest BCUT2D eigenvalue weighted by Crippen LogP contribution is -2.22. The average molecular weight is 396 g/mol. The summed E-state index contributed by atoms with van der Waals surface area (Å²) in [4.78, 5) is 24.0. The Hall–Kier alpha value is -3.13. The van der Waals surface area contributed by atoms with Crippen LogP contribution in [0.4, 0.5) is 5.69 Å². The summed E-state index contributed by atoms with van der Waals surface area (Å²) in [5.41, 5.74) is 2.52. The standard InChI is InChI=1S/C20H20N4O3S/c1-2-14-8-10-16(11-9-14)22-17(25)13-28-20-24-23-18(27-20)12-21-19(26)15-6-4-3-5-7-15/h3-11H,2,12-13H2,1H3,(H,21,26)(H,22,25). The van der Waals surface area contributed by atoms with Gasteiger partial charge in [0.1, 0.15) is 0 Å². The number of benzene rings is 2. The van der Waals surface area contributed by atoms with Crippen molar-refractivity contribution in [2.45, 2.75) is 25.1 Å². The number of nitrogens with one attached hydrogen (secondary N) is 2. The lowest BCUT2D eigenvalue weighted by Gasteiger charge is -2.04. The Morgan fingerprint density at radius 2 is 1.79 bits per heavy atom. The normalized spacial score (nSPS) is 10.5. The molecular weight excluding hydrogens is 376 g/mol. The smallest absolute Gasteiger partial charge is 0.277 e. The van der Waals surface area contributed by atoms with E-state index in [1.54, 1.807) is 24.3 Å². The molecule has 0 aliphatic carbocycles. The molecule has 0 bridgehead atoms.